The molecule has 1 unspecified atom stereocenters. The van der Waals surface area contributed by atoms with E-state index in [-0.39, 0.29) is 12.0 Å². The van der Waals surface area contributed by atoms with E-state index in [0.29, 0.717) is 15.7 Å². The molecule has 0 fully saturated rings. The van der Waals surface area contributed by atoms with Gasteiger partial charge in [0.1, 0.15) is 5.00 Å². The molecule has 0 aliphatic rings. The monoisotopic (exact) mass is 366 g/mol. The Balaban J connectivity index is 2.14. The lowest BCUT2D eigenvalue weighted by atomic mass is 10.1. The summed E-state index contributed by atoms with van der Waals surface area (Å²) < 4.78 is 6.70. The zero-order valence-corrected chi connectivity index (χ0v) is 16.3. The van der Waals surface area contributed by atoms with E-state index in [0.717, 1.165) is 21.7 Å². The van der Waals surface area contributed by atoms with Crippen molar-refractivity contribution in [3.05, 3.63) is 33.5 Å². The van der Waals surface area contributed by atoms with Crippen molar-refractivity contribution < 1.29 is 9.53 Å². The Kier molecular flexibility index (Phi) is 5.61. The van der Waals surface area contributed by atoms with Crippen molar-refractivity contribution >= 4 is 39.6 Å². The van der Waals surface area contributed by atoms with Crippen molar-refractivity contribution in [2.24, 2.45) is 7.05 Å². The molecular weight excluding hydrogens is 344 g/mol. The summed E-state index contributed by atoms with van der Waals surface area (Å²) in [5, 5.41) is 11.8. The quantitative estimate of drug-likeness (QED) is 0.640. The number of hydrogen-bond acceptors (Lipinski definition) is 5. The predicted octanol–water partition coefficient (Wildman–Crippen LogP) is 3.24. The summed E-state index contributed by atoms with van der Waals surface area (Å²) in [5.74, 6) is -0.363. The third-order valence-corrected chi connectivity index (χ3v) is 5.43. The summed E-state index contributed by atoms with van der Waals surface area (Å²) in [5.41, 5.74) is 3.60. The maximum atomic E-state index is 12.0. The van der Waals surface area contributed by atoms with Crippen molar-refractivity contribution in [2.45, 2.75) is 33.7 Å². The van der Waals surface area contributed by atoms with E-state index in [1.54, 1.807) is 0 Å². The molecule has 0 saturated heterocycles. The van der Waals surface area contributed by atoms with E-state index in [4.69, 9.17) is 17.0 Å². The van der Waals surface area contributed by atoms with E-state index < -0.39 is 0 Å². The van der Waals surface area contributed by atoms with Crippen LogP contribution in [0.4, 0.5) is 5.00 Å². The van der Waals surface area contributed by atoms with Crippen LogP contribution in [0.3, 0.4) is 0 Å². The van der Waals surface area contributed by atoms with E-state index in [2.05, 4.69) is 15.7 Å². The summed E-state index contributed by atoms with van der Waals surface area (Å²) >= 11 is 6.89. The number of carbonyl (C=O) groups excluding carboxylic acids is 1. The molecule has 2 rings (SSSR count). The Morgan fingerprint density at radius 2 is 2.08 bits per heavy atom. The molecule has 2 aromatic heterocycles. The first-order valence-electron chi connectivity index (χ1n) is 7.50. The molecule has 2 heterocycles. The van der Waals surface area contributed by atoms with Crippen molar-refractivity contribution in [1.29, 1.82) is 0 Å². The van der Waals surface area contributed by atoms with Crippen LogP contribution in [0.2, 0.25) is 0 Å². The van der Waals surface area contributed by atoms with Crippen LogP contribution in [0.5, 0.6) is 0 Å². The Bertz CT molecular complexity index is 779. The number of methoxy groups -OCH3 is 1. The highest BCUT2D eigenvalue weighted by atomic mass is 32.1. The number of aromatic nitrogens is 2. The van der Waals surface area contributed by atoms with Gasteiger partial charge in [0.15, 0.2) is 5.11 Å². The van der Waals surface area contributed by atoms with Crippen LogP contribution >= 0.6 is 23.6 Å². The van der Waals surface area contributed by atoms with E-state index >= 15 is 0 Å². The standard InChI is InChI=1S/C16H22N4O2S2/c1-8-11(4)24-14(13(8)15(21)22-6)19-16(23)18-9(2)12-7-17-20(5)10(12)3/h7,9H,1-6H3,(H2,18,19,23). The van der Waals surface area contributed by atoms with Gasteiger partial charge in [-0.05, 0) is 45.5 Å². The third-order valence-electron chi connectivity index (χ3n) is 4.09. The molecule has 0 bridgehead atoms. The number of thiocarbonyl (C=S) groups is 1. The molecule has 130 valence electrons. The highest BCUT2D eigenvalue weighted by Gasteiger charge is 2.21. The Hall–Kier alpha value is -1.93. The molecule has 24 heavy (non-hydrogen) atoms. The Morgan fingerprint density at radius 1 is 1.42 bits per heavy atom. The average Bonchev–Trinajstić information content (AvgIpc) is 2.99. The molecule has 0 aromatic carbocycles. The summed E-state index contributed by atoms with van der Waals surface area (Å²) in [6.45, 7) is 7.90. The lowest BCUT2D eigenvalue weighted by Crippen LogP contribution is -2.31. The number of esters is 1. The average molecular weight is 367 g/mol. The number of anilines is 1. The Morgan fingerprint density at radius 3 is 2.62 bits per heavy atom. The van der Waals surface area contributed by atoms with E-state index in [9.17, 15) is 4.79 Å². The first kappa shape index (κ1) is 18.4. The fourth-order valence-corrected chi connectivity index (χ4v) is 3.81. The van der Waals surface area contributed by atoms with Gasteiger partial charge in [0, 0.05) is 23.2 Å². The number of aryl methyl sites for hydroxylation is 2. The zero-order chi connectivity index (χ0) is 18.0. The lowest BCUT2D eigenvalue weighted by molar-refractivity contribution is 0.0601. The summed E-state index contributed by atoms with van der Waals surface area (Å²) in [7, 11) is 3.28. The van der Waals surface area contributed by atoms with Gasteiger partial charge in [0.25, 0.3) is 0 Å². The number of nitrogens with zero attached hydrogens (tertiary/aromatic N) is 2. The number of rotatable bonds is 4. The molecule has 0 aliphatic heterocycles. The summed E-state index contributed by atoms with van der Waals surface area (Å²) in [6, 6.07) is 0.00225. The summed E-state index contributed by atoms with van der Waals surface area (Å²) in [6.07, 6.45) is 1.83. The SMILES string of the molecule is COC(=O)c1c(NC(=S)NC(C)c2cnn(C)c2C)sc(C)c1C. The molecule has 0 radical (unpaired) electrons. The fourth-order valence-electron chi connectivity index (χ4n) is 2.42. The van der Waals surface area contributed by atoms with Gasteiger partial charge < -0.3 is 15.4 Å². The molecule has 0 amide bonds. The van der Waals surface area contributed by atoms with Gasteiger partial charge in [0.2, 0.25) is 0 Å². The fraction of sp³-hybridized carbons (Fsp3) is 0.438. The number of thiophene rings is 1. The first-order chi connectivity index (χ1) is 11.3. The van der Waals surface area contributed by atoms with Crippen LogP contribution in [0.25, 0.3) is 0 Å². The van der Waals surface area contributed by atoms with Crippen molar-refractivity contribution in [3.63, 3.8) is 0 Å². The van der Waals surface area contributed by atoms with E-state index in [1.807, 2.05) is 45.6 Å². The second kappa shape index (κ2) is 7.31. The van der Waals surface area contributed by atoms with Crippen molar-refractivity contribution in [3.8, 4) is 0 Å². The molecule has 0 aliphatic carbocycles. The largest absolute Gasteiger partial charge is 0.465 e. The maximum Gasteiger partial charge on any atom is 0.341 e. The van der Waals surface area contributed by atoms with Crippen LogP contribution in [-0.4, -0.2) is 28.0 Å². The molecule has 2 N–H and O–H groups in total. The van der Waals surface area contributed by atoms with Crippen molar-refractivity contribution in [2.75, 3.05) is 12.4 Å². The zero-order valence-electron chi connectivity index (χ0n) is 14.7. The molecule has 6 nitrogen and oxygen atoms in total. The number of hydrogen-bond donors (Lipinski definition) is 2. The van der Waals surface area contributed by atoms with Crippen LogP contribution in [0.15, 0.2) is 6.20 Å². The normalized spacial score (nSPS) is 11.9. The molecule has 0 saturated carbocycles. The van der Waals surface area contributed by atoms with Gasteiger partial charge in [-0.1, -0.05) is 0 Å². The highest BCUT2D eigenvalue weighted by molar-refractivity contribution is 7.80. The number of carbonyl (C=O) groups is 1. The van der Waals surface area contributed by atoms with Crippen molar-refractivity contribution in [1.82, 2.24) is 15.1 Å². The second-order valence-corrected chi connectivity index (χ2v) is 7.24. The van der Waals surface area contributed by atoms with Gasteiger partial charge >= 0.3 is 5.97 Å². The number of nitrogens with one attached hydrogen (secondary N) is 2. The predicted molar refractivity (Wildman–Crippen MR) is 101 cm³/mol. The van der Waals surface area contributed by atoms with Gasteiger partial charge in [-0.2, -0.15) is 5.10 Å². The molecule has 1 atom stereocenters. The minimum Gasteiger partial charge on any atom is -0.465 e. The molecule has 2 aromatic rings. The van der Waals surface area contributed by atoms with Crippen LogP contribution in [0.1, 0.15) is 45.0 Å². The minimum atomic E-state index is -0.363. The highest BCUT2D eigenvalue weighted by Crippen LogP contribution is 2.33. The maximum absolute atomic E-state index is 12.0. The van der Waals surface area contributed by atoms with Crippen LogP contribution in [0, 0.1) is 20.8 Å². The topological polar surface area (TPSA) is 68.2 Å². The summed E-state index contributed by atoms with van der Waals surface area (Å²) in [4.78, 5) is 13.1. The van der Waals surface area contributed by atoms with Gasteiger partial charge in [-0.25, -0.2) is 4.79 Å². The minimum absolute atomic E-state index is 0.00225. The molecular formula is C16H22N4O2S2. The van der Waals surface area contributed by atoms with Gasteiger partial charge in [-0.3, -0.25) is 4.68 Å². The van der Waals surface area contributed by atoms with Gasteiger partial charge in [-0.15, -0.1) is 11.3 Å². The van der Waals surface area contributed by atoms with Crippen LogP contribution in [-0.2, 0) is 11.8 Å². The first-order valence-corrected chi connectivity index (χ1v) is 8.73. The molecule has 8 heteroatoms. The van der Waals surface area contributed by atoms with E-state index in [1.165, 1.54) is 18.4 Å². The third kappa shape index (κ3) is 3.59. The van der Waals surface area contributed by atoms with Gasteiger partial charge in [0.05, 0.1) is 24.9 Å². The molecule has 0 spiro atoms. The second-order valence-electron chi connectivity index (χ2n) is 5.61. The lowest BCUT2D eigenvalue weighted by Gasteiger charge is -2.17. The number of ether oxygens (including phenoxy) is 1. The smallest absolute Gasteiger partial charge is 0.341 e. The van der Waals surface area contributed by atoms with Crippen LogP contribution < -0.4 is 10.6 Å². The Labute approximate surface area is 151 Å².